The Hall–Kier alpha value is -0.180. The van der Waals surface area contributed by atoms with Crippen molar-refractivity contribution in [3.05, 3.63) is 31.8 Å². The minimum Gasteiger partial charge on any atom is -0.394 e. The predicted molar refractivity (Wildman–Crippen MR) is 88.8 cm³/mol. The van der Waals surface area contributed by atoms with E-state index in [1.165, 1.54) is 0 Å². The molecule has 1 aromatic carbocycles. The molecule has 1 atom stereocenters. The van der Waals surface area contributed by atoms with Gasteiger partial charge in [0.15, 0.2) is 0 Å². The Balaban J connectivity index is 2.25. The predicted octanol–water partition coefficient (Wildman–Crippen LogP) is 2.67. The topological polar surface area (TPSA) is 49.8 Å². The van der Waals surface area contributed by atoms with Gasteiger partial charge in [-0.15, -0.1) is 0 Å². The molecule has 1 unspecified atom stereocenters. The summed E-state index contributed by atoms with van der Waals surface area (Å²) in [6.07, 6.45) is -0.329. The SMILES string of the molecule is CC1(C)CN(C(=O)c2cc(I)ccc2Br)CC(CO)O1. The largest absolute Gasteiger partial charge is 0.394 e. The molecule has 1 aliphatic heterocycles. The molecule has 1 saturated heterocycles. The first-order chi connectivity index (χ1) is 9.32. The van der Waals surface area contributed by atoms with Crippen molar-refractivity contribution in [2.75, 3.05) is 19.7 Å². The highest BCUT2D eigenvalue weighted by Gasteiger charge is 2.36. The minimum absolute atomic E-state index is 0.0368. The van der Waals surface area contributed by atoms with E-state index in [4.69, 9.17) is 4.74 Å². The smallest absolute Gasteiger partial charge is 0.255 e. The lowest BCUT2D eigenvalue weighted by Crippen LogP contribution is -2.55. The molecule has 1 aromatic rings. The molecule has 1 fully saturated rings. The normalized spacial score (nSPS) is 21.9. The highest BCUT2D eigenvalue weighted by atomic mass is 127. The highest BCUT2D eigenvalue weighted by molar-refractivity contribution is 14.1. The van der Waals surface area contributed by atoms with E-state index in [-0.39, 0.29) is 18.6 Å². The first-order valence-electron chi connectivity index (χ1n) is 6.35. The van der Waals surface area contributed by atoms with Crippen molar-refractivity contribution in [2.45, 2.75) is 25.6 Å². The number of ether oxygens (including phenoxy) is 1. The molecular formula is C14H17BrINO3. The second-order valence-corrected chi connectivity index (χ2v) is 7.59. The Labute approximate surface area is 140 Å². The van der Waals surface area contributed by atoms with Crippen molar-refractivity contribution in [1.29, 1.82) is 0 Å². The highest BCUT2D eigenvalue weighted by Crippen LogP contribution is 2.26. The van der Waals surface area contributed by atoms with Gasteiger partial charge in [0.2, 0.25) is 0 Å². The van der Waals surface area contributed by atoms with E-state index in [0.29, 0.717) is 18.7 Å². The van der Waals surface area contributed by atoms with E-state index in [2.05, 4.69) is 38.5 Å². The van der Waals surface area contributed by atoms with Gasteiger partial charge in [-0.25, -0.2) is 0 Å². The monoisotopic (exact) mass is 453 g/mol. The summed E-state index contributed by atoms with van der Waals surface area (Å²) >= 11 is 5.62. The van der Waals surface area contributed by atoms with Crippen molar-refractivity contribution in [3.63, 3.8) is 0 Å². The van der Waals surface area contributed by atoms with Gasteiger partial charge in [-0.2, -0.15) is 0 Å². The molecule has 4 nitrogen and oxygen atoms in total. The molecule has 1 amide bonds. The fourth-order valence-electron chi connectivity index (χ4n) is 2.38. The molecule has 0 radical (unpaired) electrons. The van der Waals surface area contributed by atoms with Crippen LogP contribution in [0.25, 0.3) is 0 Å². The van der Waals surface area contributed by atoms with Crippen LogP contribution in [0.4, 0.5) is 0 Å². The maximum atomic E-state index is 12.7. The van der Waals surface area contributed by atoms with E-state index in [0.717, 1.165) is 8.04 Å². The lowest BCUT2D eigenvalue weighted by atomic mass is 10.0. The number of amides is 1. The number of halogens is 2. The number of carbonyl (C=O) groups is 1. The molecule has 0 saturated carbocycles. The van der Waals surface area contributed by atoms with Gasteiger partial charge in [-0.1, -0.05) is 0 Å². The second kappa shape index (κ2) is 6.29. The van der Waals surface area contributed by atoms with Crippen molar-refractivity contribution in [1.82, 2.24) is 4.90 Å². The van der Waals surface area contributed by atoms with Gasteiger partial charge in [0.1, 0.15) is 0 Å². The van der Waals surface area contributed by atoms with Crippen LogP contribution < -0.4 is 0 Å². The van der Waals surface area contributed by atoms with Crippen LogP contribution in [0.3, 0.4) is 0 Å². The Morgan fingerprint density at radius 3 is 2.95 bits per heavy atom. The molecule has 1 heterocycles. The number of aliphatic hydroxyl groups is 1. The zero-order valence-electron chi connectivity index (χ0n) is 11.4. The third kappa shape index (κ3) is 3.72. The van der Waals surface area contributed by atoms with Crippen molar-refractivity contribution < 1.29 is 14.6 Å². The summed E-state index contributed by atoms with van der Waals surface area (Å²) < 4.78 is 7.54. The molecule has 1 aliphatic rings. The van der Waals surface area contributed by atoms with Gasteiger partial charge < -0.3 is 14.7 Å². The maximum Gasteiger partial charge on any atom is 0.255 e. The van der Waals surface area contributed by atoms with E-state index < -0.39 is 5.60 Å². The van der Waals surface area contributed by atoms with Gasteiger partial charge in [-0.3, -0.25) is 4.79 Å². The van der Waals surface area contributed by atoms with Crippen LogP contribution >= 0.6 is 38.5 Å². The zero-order chi connectivity index (χ0) is 14.9. The minimum atomic E-state index is -0.449. The Morgan fingerprint density at radius 1 is 1.60 bits per heavy atom. The van der Waals surface area contributed by atoms with Crippen molar-refractivity contribution >= 4 is 44.4 Å². The second-order valence-electron chi connectivity index (χ2n) is 5.49. The van der Waals surface area contributed by atoms with Gasteiger partial charge in [0.25, 0.3) is 5.91 Å². The number of nitrogens with zero attached hydrogens (tertiary/aromatic N) is 1. The summed E-state index contributed by atoms with van der Waals surface area (Å²) in [6.45, 7) is 4.70. The van der Waals surface area contributed by atoms with Crippen LogP contribution in [-0.2, 0) is 4.74 Å². The maximum absolute atomic E-state index is 12.7. The van der Waals surface area contributed by atoms with Crippen LogP contribution in [0.2, 0.25) is 0 Å². The number of hydrogen-bond donors (Lipinski definition) is 1. The van der Waals surface area contributed by atoms with Gasteiger partial charge in [0.05, 0.1) is 23.9 Å². The third-order valence-electron chi connectivity index (χ3n) is 3.13. The molecule has 2 rings (SSSR count). The summed E-state index contributed by atoms with van der Waals surface area (Å²) in [6, 6.07) is 5.69. The Bertz CT molecular complexity index is 521. The number of carbonyl (C=O) groups excluding carboxylic acids is 1. The number of aliphatic hydroxyl groups excluding tert-OH is 1. The van der Waals surface area contributed by atoms with Crippen LogP contribution in [0.15, 0.2) is 22.7 Å². The van der Waals surface area contributed by atoms with Crippen molar-refractivity contribution in [3.8, 4) is 0 Å². The molecule has 0 spiro atoms. The average molecular weight is 454 g/mol. The zero-order valence-corrected chi connectivity index (χ0v) is 15.1. The first kappa shape index (κ1) is 16.2. The van der Waals surface area contributed by atoms with Crippen LogP contribution in [0.1, 0.15) is 24.2 Å². The van der Waals surface area contributed by atoms with Crippen molar-refractivity contribution in [2.24, 2.45) is 0 Å². The number of benzene rings is 1. The van der Waals surface area contributed by atoms with Gasteiger partial charge in [0, 0.05) is 21.1 Å². The van der Waals surface area contributed by atoms with E-state index in [1.54, 1.807) is 4.90 Å². The molecule has 20 heavy (non-hydrogen) atoms. The number of rotatable bonds is 2. The van der Waals surface area contributed by atoms with E-state index in [1.807, 2.05) is 32.0 Å². The quantitative estimate of drug-likeness (QED) is 0.700. The molecule has 0 aromatic heterocycles. The fourth-order valence-corrected chi connectivity index (χ4v) is 3.28. The number of morpholine rings is 1. The average Bonchev–Trinajstić information content (AvgIpc) is 2.38. The molecule has 0 bridgehead atoms. The summed E-state index contributed by atoms with van der Waals surface area (Å²) in [7, 11) is 0. The molecular weight excluding hydrogens is 437 g/mol. The number of hydrogen-bond acceptors (Lipinski definition) is 3. The summed E-state index contributed by atoms with van der Waals surface area (Å²) in [5.41, 5.74) is 0.196. The fraction of sp³-hybridized carbons (Fsp3) is 0.500. The standard InChI is InChI=1S/C14H17BrINO3/c1-14(2)8-17(6-10(7-18)20-14)13(19)11-5-9(16)3-4-12(11)15/h3-5,10,18H,6-8H2,1-2H3. The Kier molecular flexibility index (Phi) is 5.09. The van der Waals surface area contributed by atoms with E-state index >= 15 is 0 Å². The summed E-state index contributed by atoms with van der Waals surface area (Å²) in [5, 5.41) is 9.32. The van der Waals surface area contributed by atoms with Gasteiger partial charge >= 0.3 is 0 Å². The van der Waals surface area contributed by atoms with Crippen LogP contribution in [-0.4, -0.2) is 47.3 Å². The lowest BCUT2D eigenvalue weighted by molar-refractivity contribution is -0.139. The van der Waals surface area contributed by atoms with Gasteiger partial charge in [-0.05, 0) is 70.6 Å². The first-order valence-corrected chi connectivity index (χ1v) is 8.22. The molecule has 0 aliphatic carbocycles. The summed E-state index contributed by atoms with van der Waals surface area (Å²) in [5.74, 6) is -0.0368. The summed E-state index contributed by atoms with van der Waals surface area (Å²) in [4.78, 5) is 14.4. The van der Waals surface area contributed by atoms with Crippen LogP contribution in [0.5, 0.6) is 0 Å². The van der Waals surface area contributed by atoms with Crippen LogP contribution in [0, 0.1) is 3.57 Å². The lowest BCUT2D eigenvalue weighted by Gasteiger charge is -2.42. The third-order valence-corrected chi connectivity index (χ3v) is 4.49. The molecule has 6 heteroatoms. The molecule has 110 valence electrons. The van der Waals surface area contributed by atoms with E-state index in [9.17, 15) is 9.90 Å². The Morgan fingerprint density at radius 2 is 2.30 bits per heavy atom. The molecule has 1 N–H and O–H groups in total.